The Kier molecular flexibility index (Phi) is 9.93. The van der Waals surface area contributed by atoms with Crippen molar-refractivity contribution in [1.82, 2.24) is 10.2 Å². The van der Waals surface area contributed by atoms with Crippen molar-refractivity contribution in [2.45, 2.75) is 45.6 Å². The average molecular weight is 343 g/mol. The van der Waals surface area contributed by atoms with Crippen LogP contribution in [0.2, 0.25) is 0 Å². The van der Waals surface area contributed by atoms with Gasteiger partial charge in [-0.05, 0) is 44.4 Å². The fraction of sp³-hybridized carbons (Fsp3) is 0.611. The molecule has 0 aliphatic rings. The molecule has 0 saturated heterocycles. The van der Waals surface area contributed by atoms with Crippen molar-refractivity contribution in [3.8, 4) is 5.75 Å². The highest BCUT2D eigenvalue weighted by Crippen LogP contribution is 2.14. The zero-order valence-corrected chi connectivity index (χ0v) is 15.8. The molecule has 0 aromatic heterocycles. The number of ether oxygens (including phenoxy) is 1. The number of hydrogen-bond donors (Lipinski definition) is 1. The van der Waals surface area contributed by atoms with Crippen molar-refractivity contribution in [3.63, 3.8) is 0 Å². The van der Waals surface area contributed by atoms with Crippen LogP contribution < -0.4 is 10.1 Å². The summed E-state index contributed by atoms with van der Waals surface area (Å²) < 4.78 is 5.72. The Morgan fingerprint density at radius 2 is 2.00 bits per heavy atom. The number of halogens is 1. The first kappa shape index (κ1) is 21.7. The van der Waals surface area contributed by atoms with Gasteiger partial charge in [-0.2, -0.15) is 0 Å². The predicted molar refractivity (Wildman–Crippen MR) is 98.6 cm³/mol. The molecule has 1 N–H and O–H groups in total. The third kappa shape index (κ3) is 7.71. The zero-order chi connectivity index (χ0) is 16.6. The second kappa shape index (κ2) is 10.5. The van der Waals surface area contributed by atoms with Crippen molar-refractivity contribution in [1.29, 1.82) is 0 Å². The van der Waals surface area contributed by atoms with Gasteiger partial charge in [0.25, 0.3) is 0 Å². The minimum Gasteiger partial charge on any atom is -0.494 e. The molecule has 4 nitrogen and oxygen atoms in total. The van der Waals surface area contributed by atoms with E-state index in [1.807, 2.05) is 26.0 Å². The molecule has 1 amide bonds. The molecule has 23 heavy (non-hydrogen) atoms. The first-order chi connectivity index (χ1) is 10.4. The summed E-state index contributed by atoms with van der Waals surface area (Å²) in [5.74, 6) is 1.01. The second-order valence-electron chi connectivity index (χ2n) is 6.35. The molecule has 0 bridgehead atoms. The van der Waals surface area contributed by atoms with Gasteiger partial charge >= 0.3 is 0 Å². The highest BCUT2D eigenvalue weighted by molar-refractivity contribution is 5.85. The average Bonchev–Trinajstić information content (AvgIpc) is 2.47. The van der Waals surface area contributed by atoms with Gasteiger partial charge in [-0.1, -0.05) is 25.5 Å². The Bertz CT molecular complexity index is 476. The number of hydrogen-bond acceptors (Lipinski definition) is 3. The number of carbonyl (C=O) groups is 1. The van der Waals surface area contributed by atoms with Crippen molar-refractivity contribution in [2.75, 3.05) is 27.2 Å². The molecule has 132 valence electrons. The minimum absolute atomic E-state index is 0. The fourth-order valence-electron chi connectivity index (χ4n) is 2.28. The monoisotopic (exact) mass is 342 g/mol. The summed E-state index contributed by atoms with van der Waals surface area (Å²) >= 11 is 0. The summed E-state index contributed by atoms with van der Waals surface area (Å²) in [6.45, 7) is 7.51. The molecule has 0 aliphatic heterocycles. The highest BCUT2D eigenvalue weighted by Gasteiger charge is 2.27. The van der Waals surface area contributed by atoms with Gasteiger partial charge in [-0.3, -0.25) is 4.79 Å². The molecule has 0 atom stereocenters. The van der Waals surface area contributed by atoms with Crippen LogP contribution in [-0.2, 0) is 11.2 Å². The summed E-state index contributed by atoms with van der Waals surface area (Å²) in [6.07, 6.45) is 3.08. The quantitative estimate of drug-likeness (QED) is 0.700. The van der Waals surface area contributed by atoms with Gasteiger partial charge < -0.3 is 15.0 Å². The molecule has 0 saturated carbocycles. The van der Waals surface area contributed by atoms with Gasteiger partial charge in [0.05, 0.1) is 12.1 Å². The zero-order valence-electron chi connectivity index (χ0n) is 15.0. The molecule has 0 heterocycles. The van der Waals surface area contributed by atoms with E-state index in [2.05, 4.69) is 24.4 Å². The molecule has 0 spiro atoms. The van der Waals surface area contributed by atoms with Gasteiger partial charge in [-0.15, -0.1) is 12.4 Å². The van der Waals surface area contributed by atoms with Gasteiger partial charge in [0.1, 0.15) is 5.75 Å². The first-order valence-electron chi connectivity index (χ1n) is 8.05. The van der Waals surface area contributed by atoms with Crippen LogP contribution in [0.4, 0.5) is 0 Å². The number of unbranched alkanes of at least 4 members (excludes halogenated alkanes) is 1. The number of rotatable bonds is 9. The van der Waals surface area contributed by atoms with E-state index in [1.165, 1.54) is 5.56 Å². The number of amides is 1. The Morgan fingerprint density at radius 1 is 1.30 bits per heavy atom. The third-order valence-corrected chi connectivity index (χ3v) is 3.59. The van der Waals surface area contributed by atoms with Gasteiger partial charge in [-0.25, -0.2) is 0 Å². The van der Waals surface area contributed by atoms with Crippen LogP contribution in [0.1, 0.15) is 39.2 Å². The SMILES string of the molecule is CCCCOc1cccc(CCNC(C)(C)C(=O)N(C)C)c1.Cl. The van der Waals surface area contributed by atoms with Crippen molar-refractivity contribution in [3.05, 3.63) is 29.8 Å². The largest absolute Gasteiger partial charge is 0.494 e. The van der Waals surface area contributed by atoms with Crippen LogP contribution in [0.15, 0.2) is 24.3 Å². The van der Waals surface area contributed by atoms with E-state index in [-0.39, 0.29) is 18.3 Å². The topological polar surface area (TPSA) is 41.6 Å². The molecule has 1 rings (SSSR count). The van der Waals surface area contributed by atoms with Gasteiger partial charge in [0.15, 0.2) is 0 Å². The van der Waals surface area contributed by atoms with Crippen molar-refractivity contribution < 1.29 is 9.53 Å². The number of nitrogens with zero attached hydrogens (tertiary/aromatic N) is 1. The number of likely N-dealkylation sites (N-methyl/N-ethyl adjacent to an activating group) is 1. The van der Waals surface area contributed by atoms with Crippen LogP contribution in [0.3, 0.4) is 0 Å². The number of carbonyl (C=O) groups excluding carboxylic acids is 1. The maximum absolute atomic E-state index is 12.1. The van der Waals surface area contributed by atoms with Gasteiger partial charge in [0, 0.05) is 20.6 Å². The Hall–Kier alpha value is -1.26. The lowest BCUT2D eigenvalue weighted by molar-refractivity contribution is -0.134. The molecule has 0 aliphatic carbocycles. The first-order valence-corrected chi connectivity index (χ1v) is 8.05. The third-order valence-electron chi connectivity index (χ3n) is 3.59. The lowest BCUT2D eigenvalue weighted by Crippen LogP contribution is -2.52. The number of nitrogens with one attached hydrogen (secondary N) is 1. The van der Waals surface area contributed by atoms with Crippen LogP contribution in [0, 0.1) is 0 Å². The molecule has 1 aromatic rings. The summed E-state index contributed by atoms with van der Waals surface area (Å²) in [4.78, 5) is 13.7. The molecule has 0 unspecified atom stereocenters. The summed E-state index contributed by atoms with van der Waals surface area (Å²) in [7, 11) is 3.56. The lowest BCUT2D eigenvalue weighted by Gasteiger charge is -2.28. The van der Waals surface area contributed by atoms with Crippen LogP contribution in [0.5, 0.6) is 5.75 Å². The molecule has 5 heteroatoms. The van der Waals surface area contributed by atoms with E-state index < -0.39 is 5.54 Å². The van der Waals surface area contributed by atoms with Crippen molar-refractivity contribution >= 4 is 18.3 Å². The normalized spacial score (nSPS) is 10.8. The molecular formula is C18H31ClN2O2. The smallest absolute Gasteiger partial charge is 0.241 e. The lowest BCUT2D eigenvalue weighted by atomic mass is 10.0. The number of benzene rings is 1. The molecule has 0 fully saturated rings. The highest BCUT2D eigenvalue weighted by atomic mass is 35.5. The van der Waals surface area contributed by atoms with E-state index in [9.17, 15) is 4.79 Å². The van der Waals surface area contributed by atoms with E-state index in [0.717, 1.165) is 38.2 Å². The van der Waals surface area contributed by atoms with Crippen LogP contribution >= 0.6 is 12.4 Å². The van der Waals surface area contributed by atoms with E-state index in [4.69, 9.17) is 4.74 Å². The maximum atomic E-state index is 12.1. The summed E-state index contributed by atoms with van der Waals surface area (Å²) in [6, 6.07) is 8.19. The van der Waals surface area contributed by atoms with E-state index in [1.54, 1.807) is 19.0 Å². The fourth-order valence-corrected chi connectivity index (χ4v) is 2.28. The van der Waals surface area contributed by atoms with Crippen LogP contribution in [-0.4, -0.2) is 43.6 Å². The van der Waals surface area contributed by atoms with Crippen molar-refractivity contribution in [2.24, 2.45) is 0 Å². The van der Waals surface area contributed by atoms with Gasteiger partial charge in [0.2, 0.25) is 5.91 Å². The maximum Gasteiger partial charge on any atom is 0.241 e. The standard InChI is InChI=1S/C18H30N2O2.ClH/c1-6-7-13-22-16-10-8-9-15(14-16)11-12-19-18(2,3)17(21)20(4)5;/h8-10,14,19H,6-7,11-13H2,1-5H3;1H. The molecule has 1 aromatic carbocycles. The Labute approximate surface area is 147 Å². The molecule has 0 radical (unpaired) electrons. The Balaban J connectivity index is 0.00000484. The Morgan fingerprint density at radius 3 is 2.61 bits per heavy atom. The predicted octanol–water partition coefficient (Wildman–Crippen LogP) is 3.29. The van der Waals surface area contributed by atoms with E-state index in [0.29, 0.717) is 0 Å². The summed E-state index contributed by atoms with van der Waals surface area (Å²) in [5, 5.41) is 3.33. The summed E-state index contributed by atoms with van der Waals surface area (Å²) in [5.41, 5.74) is 0.674. The van der Waals surface area contributed by atoms with Crippen LogP contribution in [0.25, 0.3) is 0 Å². The van der Waals surface area contributed by atoms with E-state index >= 15 is 0 Å². The minimum atomic E-state index is -0.543. The second-order valence-corrected chi connectivity index (χ2v) is 6.35. The molecular weight excluding hydrogens is 312 g/mol.